The molecule has 1 aliphatic heterocycles. The number of rotatable bonds is 4. The Morgan fingerprint density at radius 2 is 0.789 bits per heavy atom. The third kappa shape index (κ3) is 5.15. The minimum Gasteiger partial charge on any atom is -0.457 e. The number of para-hydroxylation sites is 6. The van der Waals surface area contributed by atoms with Crippen LogP contribution in [0, 0.1) is 0 Å². The van der Waals surface area contributed by atoms with Gasteiger partial charge >= 0.3 is 0 Å². The van der Waals surface area contributed by atoms with Gasteiger partial charge in [0.25, 0.3) is 0 Å². The Kier molecular flexibility index (Phi) is 7.72. The maximum atomic E-state index is 6.92. The zero-order valence-electron chi connectivity index (χ0n) is 38.2. The molecule has 6 heterocycles. The van der Waals surface area contributed by atoms with E-state index in [0.717, 1.165) is 95.4 Å². The second-order valence-electron chi connectivity index (χ2n) is 18.9. The standard InChI is InChI=1S/C65H39N5O/c1-7-24-55-45(17-1)46-18-2-8-25-56(46)68(55)42-15-13-16-43(37-42)69-59-28-11-5-21-49(59)50-35-40(30-32-60(50)69)41-31-33-62-53(36-41)65(51-22-6-12-29-61(51)71-62)52-23-14-34-66-63(52)64-54(65)38-44(39-67-64)70-57-26-9-3-19-47(57)48-20-4-10-27-58(48)70/h1-39H. The van der Waals surface area contributed by atoms with E-state index in [9.17, 15) is 0 Å². The predicted molar refractivity (Wildman–Crippen MR) is 288 cm³/mol. The number of ether oxygens (including phenoxy) is 1. The Bertz CT molecular complexity index is 4480. The van der Waals surface area contributed by atoms with E-state index in [-0.39, 0.29) is 0 Å². The maximum absolute atomic E-state index is 6.92. The van der Waals surface area contributed by atoms with Crippen molar-refractivity contribution in [2.75, 3.05) is 0 Å². The largest absolute Gasteiger partial charge is 0.457 e. The van der Waals surface area contributed by atoms with Crippen LogP contribution in [0.15, 0.2) is 237 Å². The van der Waals surface area contributed by atoms with Gasteiger partial charge in [-0.2, -0.15) is 0 Å². The lowest BCUT2D eigenvalue weighted by molar-refractivity contribution is 0.436. The highest BCUT2D eigenvalue weighted by Crippen LogP contribution is 2.62. The fraction of sp³-hybridized carbons (Fsp3) is 0.0154. The zero-order valence-corrected chi connectivity index (χ0v) is 38.2. The second-order valence-corrected chi connectivity index (χ2v) is 18.9. The van der Waals surface area contributed by atoms with Crippen LogP contribution in [0.2, 0.25) is 0 Å². The summed E-state index contributed by atoms with van der Waals surface area (Å²) in [6.45, 7) is 0. The van der Waals surface area contributed by atoms with Crippen molar-refractivity contribution in [1.29, 1.82) is 0 Å². The molecule has 1 unspecified atom stereocenters. The molecule has 9 aromatic carbocycles. The lowest BCUT2D eigenvalue weighted by atomic mass is 9.66. The number of pyridine rings is 2. The molecule has 0 saturated carbocycles. The monoisotopic (exact) mass is 905 g/mol. The fourth-order valence-corrected chi connectivity index (χ4v) is 12.5. The van der Waals surface area contributed by atoms with E-state index in [0.29, 0.717) is 0 Å². The van der Waals surface area contributed by atoms with Crippen molar-refractivity contribution in [3.05, 3.63) is 259 Å². The van der Waals surface area contributed by atoms with Crippen molar-refractivity contribution < 1.29 is 4.74 Å². The summed E-state index contributed by atoms with van der Waals surface area (Å²) in [5.41, 5.74) is 17.7. The maximum Gasteiger partial charge on any atom is 0.132 e. The molecule has 16 rings (SSSR count). The summed E-state index contributed by atoms with van der Waals surface area (Å²) >= 11 is 0. The third-order valence-corrected chi connectivity index (χ3v) is 15.4. The smallest absolute Gasteiger partial charge is 0.132 e. The van der Waals surface area contributed by atoms with Crippen molar-refractivity contribution in [2.45, 2.75) is 5.41 Å². The average molecular weight is 906 g/mol. The van der Waals surface area contributed by atoms with Crippen molar-refractivity contribution in [3.63, 3.8) is 0 Å². The first kappa shape index (κ1) is 38.4. The van der Waals surface area contributed by atoms with E-state index >= 15 is 0 Å². The summed E-state index contributed by atoms with van der Waals surface area (Å²) in [5.74, 6) is 1.65. The van der Waals surface area contributed by atoms with E-state index in [4.69, 9.17) is 14.7 Å². The fourth-order valence-electron chi connectivity index (χ4n) is 12.5. The molecule has 0 saturated heterocycles. The molecule has 0 amide bonds. The molecule has 0 radical (unpaired) electrons. The minimum atomic E-state index is -0.775. The molecule has 6 nitrogen and oxygen atoms in total. The number of hydrogen-bond donors (Lipinski definition) is 0. The van der Waals surface area contributed by atoms with E-state index in [1.54, 1.807) is 0 Å². The summed E-state index contributed by atoms with van der Waals surface area (Å²) in [6, 6.07) is 81.3. The Labute approximate surface area is 407 Å². The zero-order chi connectivity index (χ0) is 46.4. The van der Waals surface area contributed by atoms with Gasteiger partial charge in [0.05, 0.1) is 61.8 Å². The van der Waals surface area contributed by atoms with Gasteiger partial charge in [-0.1, -0.05) is 133 Å². The molecule has 1 aliphatic carbocycles. The normalized spacial score (nSPS) is 14.6. The molecule has 330 valence electrons. The van der Waals surface area contributed by atoms with Gasteiger partial charge in [0.15, 0.2) is 0 Å². The molecule has 14 aromatic rings. The number of nitrogens with zero attached hydrogens (tertiary/aromatic N) is 5. The number of aromatic nitrogens is 5. The lowest BCUT2D eigenvalue weighted by Gasteiger charge is -2.39. The average Bonchev–Trinajstić information content (AvgIpc) is 4.15. The molecule has 1 atom stereocenters. The summed E-state index contributed by atoms with van der Waals surface area (Å²) in [6.07, 6.45) is 3.91. The van der Waals surface area contributed by atoms with Crippen LogP contribution < -0.4 is 4.74 Å². The first-order valence-electron chi connectivity index (χ1n) is 24.2. The molecular weight excluding hydrogens is 867 g/mol. The quantitative estimate of drug-likeness (QED) is 0.177. The summed E-state index contributed by atoms with van der Waals surface area (Å²) in [7, 11) is 0. The molecule has 1 spiro atoms. The van der Waals surface area contributed by atoms with Crippen molar-refractivity contribution >= 4 is 65.4 Å². The molecule has 0 N–H and O–H groups in total. The van der Waals surface area contributed by atoms with E-state index in [1.165, 1.54) is 43.4 Å². The molecule has 0 fully saturated rings. The molecule has 2 aliphatic rings. The Hall–Kier alpha value is -9.52. The van der Waals surface area contributed by atoms with Crippen LogP contribution in [0.4, 0.5) is 0 Å². The lowest BCUT2D eigenvalue weighted by Crippen LogP contribution is -2.32. The van der Waals surface area contributed by atoms with Crippen molar-refractivity contribution in [3.8, 4) is 51.1 Å². The third-order valence-electron chi connectivity index (χ3n) is 15.4. The van der Waals surface area contributed by atoms with Crippen LogP contribution in [0.5, 0.6) is 11.5 Å². The Morgan fingerprint density at radius 1 is 0.310 bits per heavy atom. The number of hydrogen-bond acceptors (Lipinski definition) is 3. The van der Waals surface area contributed by atoms with Gasteiger partial charge in [0.2, 0.25) is 0 Å². The van der Waals surface area contributed by atoms with Crippen LogP contribution in [-0.2, 0) is 5.41 Å². The first-order valence-corrected chi connectivity index (χ1v) is 24.2. The van der Waals surface area contributed by atoms with Gasteiger partial charge in [0, 0.05) is 66.6 Å². The predicted octanol–water partition coefficient (Wildman–Crippen LogP) is 15.9. The van der Waals surface area contributed by atoms with Crippen molar-refractivity contribution in [1.82, 2.24) is 23.7 Å². The number of benzene rings is 9. The Balaban J connectivity index is 0.893. The summed E-state index contributed by atoms with van der Waals surface area (Å²) in [5, 5.41) is 7.31. The van der Waals surface area contributed by atoms with Crippen LogP contribution in [0.3, 0.4) is 0 Å². The second kappa shape index (κ2) is 14.3. The van der Waals surface area contributed by atoms with Gasteiger partial charge in [0.1, 0.15) is 11.5 Å². The van der Waals surface area contributed by atoms with E-state index < -0.39 is 5.41 Å². The van der Waals surface area contributed by atoms with Crippen LogP contribution >= 0.6 is 0 Å². The van der Waals surface area contributed by atoms with Gasteiger partial charge in [-0.15, -0.1) is 0 Å². The van der Waals surface area contributed by atoms with Gasteiger partial charge in [-0.3, -0.25) is 9.97 Å². The molecule has 0 bridgehead atoms. The van der Waals surface area contributed by atoms with Gasteiger partial charge in [-0.05, 0) is 108 Å². The molecule has 5 aromatic heterocycles. The van der Waals surface area contributed by atoms with Crippen molar-refractivity contribution in [2.24, 2.45) is 0 Å². The van der Waals surface area contributed by atoms with E-state index in [2.05, 4.69) is 238 Å². The molecule has 71 heavy (non-hydrogen) atoms. The van der Waals surface area contributed by atoms with Gasteiger partial charge in [-0.25, -0.2) is 0 Å². The molecular formula is C65H39N5O. The highest BCUT2D eigenvalue weighted by Gasteiger charge is 2.52. The highest BCUT2D eigenvalue weighted by atomic mass is 16.5. The number of fused-ring (bicyclic) bond motifs is 18. The topological polar surface area (TPSA) is 49.8 Å². The Morgan fingerprint density at radius 3 is 1.42 bits per heavy atom. The van der Waals surface area contributed by atoms with Gasteiger partial charge < -0.3 is 18.4 Å². The molecule has 6 heteroatoms. The SMILES string of the molecule is c1cc(-n2c3ccccc3c3ccccc32)cc(-n2c3ccccc3c3cc(-c4ccc5c(c4)C4(c6ccccc6O5)c5cccnc5-c5ncc(-n6c7ccccc7c7ccccc76)cc54)ccc32)c1. The van der Waals surface area contributed by atoms with Crippen LogP contribution in [-0.4, -0.2) is 23.7 Å². The highest BCUT2D eigenvalue weighted by molar-refractivity contribution is 6.12. The minimum absolute atomic E-state index is 0.775. The van der Waals surface area contributed by atoms with Crippen LogP contribution in [0.25, 0.3) is 105 Å². The summed E-state index contributed by atoms with van der Waals surface area (Å²) < 4.78 is 14.1. The van der Waals surface area contributed by atoms with E-state index in [1.807, 2.05) is 12.4 Å². The summed E-state index contributed by atoms with van der Waals surface area (Å²) in [4.78, 5) is 10.4. The first-order chi connectivity index (χ1) is 35.2. The van der Waals surface area contributed by atoms with Crippen LogP contribution in [0.1, 0.15) is 22.3 Å².